The molecule has 0 aliphatic carbocycles. The first-order chi connectivity index (χ1) is 14.3. The summed E-state index contributed by atoms with van der Waals surface area (Å²) < 4.78 is 2.19. The Balaban J connectivity index is 2.10. The molecule has 0 aliphatic heterocycles. The Morgan fingerprint density at radius 1 is 0.871 bits per heavy atom. The highest BCUT2D eigenvalue weighted by Gasteiger charge is 2.29. The second-order valence-corrected chi connectivity index (χ2v) is 10.6. The Hall–Kier alpha value is -2.81. The Morgan fingerprint density at radius 2 is 1.39 bits per heavy atom. The minimum atomic E-state index is -0.273. The fourth-order valence-electron chi connectivity index (χ4n) is 4.10. The number of benzene rings is 2. The molecule has 0 saturated heterocycles. The summed E-state index contributed by atoms with van der Waals surface area (Å²) in [7, 11) is 0. The van der Waals surface area contributed by atoms with Crippen molar-refractivity contribution in [2.45, 2.75) is 72.8 Å². The third-order valence-corrected chi connectivity index (χ3v) is 5.99. The summed E-state index contributed by atoms with van der Waals surface area (Å²) in [6, 6.07) is 16.0. The first kappa shape index (κ1) is 22.9. The first-order valence-electron chi connectivity index (χ1n) is 10.9. The van der Waals surface area contributed by atoms with Gasteiger partial charge in [0.15, 0.2) is 5.78 Å². The van der Waals surface area contributed by atoms with Gasteiger partial charge < -0.3 is 9.67 Å². The van der Waals surface area contributed by atoms with Gasteiger partial charge in [-0.1, -0.05) is 71.9 Å². The molecular weight excluding hydrogens is 382 g/mol. The molecule has 3 heteroatoms. The molecule has 0 unspecified atom stereocenters. The number of aromatic hydroxyl groups is 1. The van der Waals surface area contributed by atoms with Crippen molar-refractivity contribution in [3.8, 4) is 5.75 Å². The maximum atomic E-state index is 13.7. The Labute approximate surface area is 186 Å². The molecule has 1 N–H and O–H groups in total. The maximum absolute atomic E-state index is 13.7. The van der Waals surface area contributed by atoms with Gasteiger partial charge in [-0.3, -0.25) is 4.79 Å². The van der Waals surface area contributed by atoms with Crippen LogP contribution in [0.5, 0.6) is 5.75 Å². The van der Waals surface area contributed by atoms with Gasteiger partial charge >= 0.3 is 0 Å². The number of hydrogen-bond acceptors (Lipinski definition) is 2. The summed E-state index contributed by atoms with van der Waals surface area (Å²) >= 11 is 0. The van der Waals surface area contributed by atoms with Crippen molar-refractivity contribution in [1.29, 1.82) is 0 Å². The zero-order valence-electron chi connectivity index (χ0n) is 20.1. The molecule has 0 amide bonds. The van der Waals surface area contributed by atoms with Crippen LogP contribution in [-0.4, -0.2) is 15.5 Å². The number of carbonyl (C=O) groups is 1. The summed E-state index contributed by atoms with van der Waals surface area (Å²) in [4.78, 5) is 13.7. The fourth-order valence-corrected chi connectivity index (χ4v) is 4.10. The number of aromatic nitrogens is 1. The maximum Gasteiger partial charge on any atom is 0.194 e. The molecule has 0 saturated carbocycles. The number of nitrogens with zero attached hydrogens (tertiary/aromatic N) is 1. The fraction of sp³-hybridized carbons (Fsp3) is 0.393. The number of carbonyl (C=O) groups excluding carboxylic acids is 1. The van der Waals surface area contributed by atoms with Gasteiger partial charge in [-0.25, -0.2) is 0 Å². The van der Waals surface area contributed by atoms with Crippen molar-refractivity contribution >= 4 is 5.78 Å². The average molecular weight is 418 g/mol. The highest BCUT2D eigenvalue weighted by atomic mass is 16.3. The number of phenolic OH excluding ortho intramolecular Hbond substituents is 1. The van der Waals surface area contributed by atoms with E-state index < -0.39 is 0 Å². The normalized spacial score (nSPS) is 12.3. The molecular formula is C28H35NO2. The quantitative estimate of drug-likeness (QED) is 0.481. The zero-order chi connectivity index (χ0) is 23.1. The molecule has 164 valence electrons. The third-order valence-electron chi connectivity index (χ3n) is 5.99. The molecule has 3 aromatic rings. The van der Waals surface area contributed by atoms with Crippen molar-refractivity contribution in [3.05, 3.63) is 87.7 Å². The summed E-state index contributed by atoms with van der Waals surface area (Å²) in [5.41, 5.74) is 5.66. The topological polar surface area (TPSA) is 42.2 Å². The molecule has 1 aromatic heterocycles. The van der Waals surface area contributed by atoms with E-state index in [0.717, 1.165) is 34.6 Å². The standard InChI is InChI=1S/C28H35NO2/c1-18-14-22(19(2)29(18)17-20-12-10-9-11-13-20)25(30)21-15-23(27(3,4)5)26(31)24(16-21)28(6,7)8/h9-16,31H,17H2,1-8H3. The summed E-state index contributed by atoms with van der Waals surface area (Å²) in [5.74, 6) is 0.300. The predicted octanol–water partition coefficient (Wildman–Crippen LogP) is 6.68. The van der Waals surface area contributed by atoms with Crippen molar-refractivity contribution < 1.29 is 9.90 Å². The van der Waals surface area contributed by atoms with Gasteiger partial charge in [0.25, 0.3) is 0 Å². The molecule has 0 fully saturated rings. The number of ketones is 1. The minimum absolute atomic E-state index is 0.00316. The number of aryl methyl sites for hydroxylation is 1. The highest BCUT2D eigenvalue weighted by Crippen LogP contribution is 2.40. The molecule has 3 rings (SSSR count). The van der Waals surface area contributed by atoms with Crippen LogP contribution in [0.15, 0.2) is 48.5 Å². The Morgan fingerprint density at radius 3 is 1.87 bits per heavy atom. The monoisotopic (exact) mass is 417 g/mol. The first-order valence-corrected chi connectivity index (χ1v) is 10.9. The van der Waals surface area contributed by atoms with Crippen LogP contribution in [0.2, 0.25) is 0 Å². The van der Waals surface area contributed by atoms with Crippen LogP contribution in [-0.2, 0) is 17.4 Å². The Kier molecular flexibility index (Phi) is 5.92. The van der Waals surface area contributed by atoms with Crippen molar-refractivity contribution in [2.75, 3.05) is 0 Å². The lowest BCUT2D eigenvalue weighted by Gasteiger charge is -2.28. The molecule has 3 nitrogen and oxygen atoms in total. The summed E-state index contributed by atoms with van der Waals surface area (Å²) in [6.45, 7) is 17.2. The van der Waals surface area contributed by atoms with Crippen LogP contribution in [0.1, 0.15) is 85.5 Å². The molecule has 31 heavy (non-hydrogen) atoms. The van der Waals surface area contributed by atoms with Crippen LogP contribution in [0.4, 0.5) is 0 Å². The molecule has 1 heterocycles. The van der Waals surface area contributed by atoms with Crippen molar-refractivity contribution in [3.63, 3.8) is 0 Å². The van der Waals surface area contributed by atoms with Crippen molar-refractivity contribution in [1.82, 2.24) is 4.57 Å². The van der Waals surface area contributed by atoms with Gasteiger partial charge in [0, 0.05) is 40.2 Å². The van der Waals surface area contributed by atoms with Gasteiger partial charge in [-0.15, -0.1) is 0 Å². The second kappa shape index (κ2) is 8.03. The zero-order valence-corrected chi connectivity index (χ0v) is 20.1. The molecule has 0 bridgehead atoms. The lowest BCUT2D eigenvalue weighted by Crippen LogP contribution is -2.19. The molecule has 0 atom stereocenters. The average Bonchev–Trinajstić information content (AvgIpc) is 2.95. The van der Waals surface area contributed by atoms with E-state index in [9.17, 15) is 9.90 Å². The van der Waals surface area contributed by atoms with Gasteiger partial charge in [0.1, 0.15) is 5.75 Å². The van der Waals surface area contributed by atoms with E-state index in [1.165, 1.54) is 5.56 Å². The lowest BCUT2D eigenvalue weighted by molar-refractivity contribution is 0.103. The number of phenols is 1. The molecule has 0 aliphatic rings. The van der Waals surface area contributed by atoms with E-state index >= 15 is 0 Å². The largest absolute Gasteiger partial charge is 0.507 e. The number of rotatable bonds is 4. The van der Waals surface area contributed by atoms with Gasteiger partial charge in [0.05, 0.1) is 0 Å². The van der Waals surface area contributed by atoms with Crippen LogP contribution in [0, 0.1) is 13.8 Å². The van der Waals surface area contributed by atoms with Crippen molar-refractivity contribution in [2.24, 2.45) is 0 Å². The molecule has 2 aromatic carbocycles. The molecule has 0 radical (unpaired) electrons. The highest BCUT2D eigenvalue weighted by molar-refractivity contribution is 6.10. The number of hydrogen-bond donors (Lipinski definition) is 1. The van der Waals surface area contributed by atoms with Crippen LogP contribution < -0.4 is 0 Å². The smallest absolute Gasteiger partial charge is 0.194 e. The van der Waals surface area contributed by atoms with E-state index in [1.54, 1.807) is 0 Å². The predicted molar refractivity (Wildman–Crippen MR) is 128 cm³/mol. The van der Waals surface area contributed by atoms with Gasteiger partial charge in [-0.05, 0) is 48.4 Å². The van der Waals surface area contributed by atoms with Gasteiger partial charge in [-0.2, -0.15) is 0 Å². The lowest BCUT2D eigenvalue weighted by atomic mass is 9.77. The van der Waals surface area contributed by atoms with E-state index in [2.05, 4.69) is 58.2 Å². The minimum Gasteiger partial charge on any atom is -0.507 e. The third kappa shape index (κ3) is 4.61. The summed E-state index contributed by atoms with van der Waals surface area (Å²) in [5, 5.41) is 11.0. The van der Waals surface area contributed by atoms with Crippen LogP contribution >= 0.6 is 0 Å². The van der Waals surface area contributed by atoms with E-state index in [4.69, 9.17) is 0 Å². The summed E-state index contributed by atoms with van der Waals surface area (Å²) in [6.07, 6.45) is 0. The van der Waals surface area contributed by atoms with Crippen LogP contribution in [0.25, 0.3) is 0 Å². The Bertz CT molecular complexity index is 1070. The van der Waals surface area contributed by atoms with Crippen LogP contribution in [0.3, 0.4) is 0 Å². The van der Waals surface area contributed by atoms with E-state index in [0.29, 0.717) is 11.3 Å². The SMILES string of the molecule is Cc1cc(C(=O)c2cc(C(C)(C)C)c(O)c(C(C)(C)C)c2)c(C)n1Cc1ccccc1. The molecule has 0 spiro atoms. The van der Waals surface area contributed by atoms with E-state index in [-0.39, 0.29) is 16.6 Å². The second-order valence-electron chi connectivity index (χ2n) is 10.6. The van der Waals surface area contributed by atoms with E-state index in [1.807, 2.05) is 50.2 Å². The van der Waals surface area contributed by atoms with Gasteiger partial charge in [0.2, 0.25) is 0 Å².